The van der Waals surface area contributed by atoms with Crippen molar-refractivity contribution in [2.75, 3.05) is 12.3 Å². The molecule has 1 fully saturated rings. The van der Waals surface area contributed by atoms with Crippen LogP contribution in [0.2, 0.25) is 0 Å². The standard InChI is InChI=1S/C14H25N3OS2/c1-5-11(15-6-2)7-13-16-14(17-18-13)12-8-19-9(3)10(4)20-12/h9-12,15H,5-8H2,1-4H3. The number of nitrogens with zero attached hydrogens (tertiary/aromatic N) is 2. The third-order valence-electron chi connectivity index (χ3n) is 3.73. The van der Waals surface area contributed by atoms with E-state index in [9.17, 15) is 0 Å². The van der Waals surface area contributed by atoms with Crippen LogP contribution in [0.5, 0.6) is 0 Å². The normalized spacial score (nSPS) is 28.5. The van der Waals surface area contributed by atoms with E-state index in [4.69, 9.17) is 4.52 Å². The van der Waals surface area contributed by atoms with E-state index in [0.29, 0.717) is 21.8 Å². The fourth-order valence-electron chi connectivity index (χ4n) is 2.26. The van der Waals surface area contributed by atoms with Gasteiger partial charge in [-0.2, -0.15) is 16.7 Å². The minimum atomic E-state index is 0.378. The zero-order valence-electron chi connectivity index (χ0n) is 12.8. The van der Waals surface area contributed by atoms with Crippen LogP contribution in [0.25, 0.3) is 0 Å². The molecule has 0 aromatic carbocycles. The van der Waals surface area contributed by atoms with Crippen molar-refractivity contribution < 1.29 is 4.52 Å². The summed E-state index contributed by atoms with van der Waals surface area (Å²) in [5, 5.41) is 9.38. The zero-order valence-corrected chi connectivity index (χ0v) is 14.4. The molecule has 1 saturated heterocycles. The Morgan fingerprint density at radius 1 is 1.35 bits per heavy atom. The topological polar surface area (TPSA) is 51.0 Å². The number of hydrogen-bond donors (Lipinski definition) is 1. The van der Waals surface area contributed by atoms with E-state index in [1.54, 1.807) is 0 Å². The Balaban J connectivity index is 1.95. The van der Waals surface area contributed by atoms with Crippen LogP contribution in [0.15, 0.2) is 4.52 Å². The smallest absolute Gasteiger partial charge is 0.228 e. The molecule has 0 aliphatic carbocycles. The van der Waals surface area contributed by atoms with Gasteiger partial charge >= 0.3 is 0 Å². The predicted octanol–water partition coefficient (Wildman–Crippen LogP) is 3.30. The monoisotopic (exact) mass is 315 g/mol. The summed E-state index contributed by atoms with van der Waals surface area (Å²) in [6.45, 7) is 9.86. The molecule has 1 aromatic rings. The number of aromatic nitrogens is 2. The molecule has 4 nitrogen and oxygen atoms in total. The summed E-state index contributed by atoms with van der Waals surface area (Å²) in [7, 11) is 0. The number of rotatable bonds is 6. The molecule has 114 valence electrons. The molecule has 0 radical (unpaired) electrons. The lowest BCUT2D eigenvalue weighted by molar-refractivity contribution is 0.352. The number of likely N-dealkylation sites (N-methyl/N-ethyl adjacent to an activating group) is 1. The Kier molecular flexibility index (Phi) is 6.23. The van der Waals surface area contributed by atoms with Crippen LogP contribution >= 0.6 is 23.5 Å². The van der Waals surface area contributed by atoms with Crippen molar-refractivity contribution in [1.82, 2.24) is 15.5 Å². The minimum Gasteiger partial charge on any atom is -0.339 e. The number of nitrogens with one attached hydrogen (secondary N) is 1. The van der Waals surface area contributed by atoms with E-state index in [1.807, 2.05) is 23.5 Å². The van der Waals surface area contributed by atoms with Gasteiger partial charge in [-0.1, -0.05) is 32.9 Å². The van der Waals surface area contributed by atoms with Gasteiger partial charge in [0.25, 0.3) is 0 Å². The van der Waals surface area contributed by atoms with E-state index in [-0.39, 0.29) is 0 Å². The molecule has 0 bridgehead atoms. The first-order valence-electron chi connectivity index (χ1n) is 7.46. The second kappa shape index (κ2) is 7.71. The number of thioether (sulfide) groups is 2. The summed E-state index contributed by atoms with van der Waals surface area (Å²) in [6.07, 6.45) is 1.90. The SMILES string of the molecule is CCNC(CC)Cc1nc(C2CSC(C)C(C)S2)no1. The highest BCUT2D eigenvalue weighted by atomic mass is 32.2. The molecule has 1 aromatic heterocycles. The van der Waals surface area contributed by atoms with Crippen LogP contribution in [-0.2, 0) is 6.42 Å². The summed E-state index contributed by atoms with van der Waals surface area (Å²) in [5.74, 6) is 2.73. The van der Waals surface area contributed by atoms with Gasteiger partial charge in [-0.25, -0.2) is 0 Å². The second-order valence-corrected chi connectivity index (χ2v) is 8.28. The fourth-order valence-corrected chi connectivity index (χ4v) is 5.09. The summed E-state index contributed by atoms with van der Waals surface area (Å²) < 4.78 is 5.43. The minimum absolute atomic E-state index is 0.378. The van der Waals surface area contributed by atoms with E-state index in [0.717, 1.165) is 36.9 Å². The molecule has 2 rings (SSSR count). The van der Waals surface area contributed by atoms with Gasteiger partial charge in [0.2, 0.25) is 5.89 Å². The van der Waals surface area contributed by atoms with Crippen LogP contribution < -0.4 is 5.32 Å². The van der Waals surface area contributed by atoms with E-state index in [1.165, 1.54) is 0 Å². The Bertz CT molecular complexity index is 413. The highest BCUT2D eigenvalue weighted by molar-refractivity contribution is 8.07. The lowest BCUT2D eigenvalue weighted by atomic mass is 10.1. The van der Waals surface area contributed by atoms with E-state index in [2.05, 4.69) is 43.2 Å². The average molecular weight is 316 g/mol. The van der Waals surface area contributed by atoms with E-state index >= 15 is 0 Å². The highest BCUT2D eigenvalue weighted by Crippen LogP contribution is 2.43. The first-order chi connectivity index (χ1) is 9.63. The predicted molar refractivity (Wildman–Crippen MR) is 87.5 cm³/mol. The Morgan fingerprint density at radius 2 is 2.15 bits per heavy atom. The number of hydrogen-bond acceptors (Lipinski definition) is 6. The lowest BCUT2D eigenvalue weighted by Gasteiger charge is -2.29. The molecule has 1 N–H and O–H groups in total. The summed E-state index contributed by atoms with van der Waals surface area (Å²) >= 11 is 3.98. The largest absolute Gasteiger partial charge is 0.339 e. The van der Waals surface area contributed by atoms with Crippen LogP contribution in [0.1, 0.15) is 51.1 Å². The maximum atomic E-state index is 5.43. The third-order valence-corrected chi connectivity index (χ3v) is 7.12. The summed E-state index contributed by atoms with van der Waals surface area (Å²) in [6, 6.07) is 0.431. The maximum Gasteiger partial charge on any atom is 0.228 e. The van der Waals surface area contributed by atoms with E-state index < -0.39 is 0 Å². The van der Waals surface area contributed by atoms with Crippen LogP contribution in [-0.4, -0.2) is 39.0 Å². The first-order valence-corrected chi connectivity index (χ1v) is 9.46. The van der Waals surface area contributed by atoms with Crippen molar-refractivity contribution in [3.63, 3.8) is 0 Å². The molecule has 1 aliphatic heterocycles. The Labute approximate surface area is 130 Å². The lowest BCUT2D eigenvalue weighted by Crippen LogP contribution is -2.30. The molecule has 0 spiro atoms. The molecule has 6 heteroatoms. The van der Waals surface area contributed by atoms with Gasteiger partial charge in [-0.05, 0) is 13.0 Å². The van der Waals surface area contributed by atoms with Gasteiger partial charge < -0.3 is 9.84 Å². The van der Waals surface area contributed by atoms with Crippen LogP contribution in [0.4, 0.5) is 0 Å². The first kappa shape index (κ1) is 16.2. The second-order valence-electron chi connectivity index (χ2n) is 5.28. The fraction of sp³-hybridized carbons (Fsp3) is 0.857. The molecule has 20 heavy (non-hydrogen) atoms. The van der Waals surface area contributed by atoms with Crippen molar-refractivity contribution in [3.8, 4) is 0 Å². The summed E-state index contributed by atoms with van der Waals surface area (Å²) in [5.41, 5.74) is 0. The zero-order chi connectivity index (χ0) is 14.5. The van der Waals surface area contributed by atoms with Gasteiger partial charge in [0.05, 0.1) is 5.25 Å². The third kappa shape index (κ3) is 4.15. The maximum absolute atomic E-state index is 5.43. The molecule has 0 saturated carbocycles. The van der Waals surface area contributed by atoms with Gasteiger partial charge in [0, 0.05) is 28.7 Å². The molecule has 0 amide bonds. The Hall–Kier alpha value is -0.200. The molecular weight excluding hydrogens is 290 g/mol. The van der Waals surface area contributed by atoms with Gasteiger partial charge in [0.1, 0.15) is 0 Å². The highest BCUT2D eigenvalue weighted by Gasteiger charge is 2.30. The van der Waals surface area contributed by atoms with Crippen molar-refractivity contribution in [2.45, 2.75) is 62.3 Å². The molecule has 1 aliphatic rings. The van der Waals surface area contributed by atoms with Crippen molar-refractivity contribution in [3.05, 3.63) is 11.7 Å². The van der Waals surface area contributed by atoms with Gasteiger partial charge in [-0.15, -0.1) is 11.8 Å². The van der Waals surface area contributed by atoms with Crippen molar-refractivity contribution >= 4 is 23.5 Å². The summed E-state index contributed by atoms with van der Waals surface area (Å²) in [4.78, 5) is 4.61. The molecule has 4 unspecified atom stereocenters. The van der Waals surface area contributed by atoms with Crippen molar-refractivity contribution in [1.29, 1.82) is 0 Å². The van der Waals surface area contributed by atoms with Crippen LogP contribution in [0, 0.1) is 0 Å². The Morgan fingerprint density at radius 3 is 2.80 bits per heavy atom. The molecule has 4 atom stereocenters. The average Bonchev–Trinajstić information content (AvgIpc) is 2.90. The van der Waals surface area contributed by atoms with Gasteiger partial charge in [0.15, 0.2) is 5.82 Å². The molecular formula is C14H25N3OS2. The molecule has 2 heterocycles. The van der Waals surface area contributed by atoms with Gasteiger partial charge in [-0.3, -0.25) is 0 Å². The quantitative estimate of drug-likeness (QED) is 0.869. The van der Waals surface area contributed by atoms with Crippen LogP contribution in [0.3, 0.4) is 0 Å². The van der Waals surface area contributed by atoms with Crippen molar-refractivity contribution in [2.24, 2.45) is 0 Å².